The first kappa shape index (κ1) is 14.7. The number of hydrogen-bond acceptors (Lipinski definition) is 4. The van der Waals surface area contributed by atoms with E-state index < -0.39 is 22.2 Å². The van der Waals surface area contributed by atoms with Crippen molar-refractivity contribution in [1.82, 2.24) is 8.61 Å². The van der Waals surface area contributed by atoms with Gasteiger partial charge in [-0.25, -0.2) is 0 Å². The van der Waals surface area contributed by atoms with Crippen molar-refractivity contribution in [3.05, 3.63) is 0 Å². The maximum Gasteiger partial charge on any atom is 0.322 e. The maximum absolute atomic E-state index is 12.5. The van der Waals surface area contributed by atoms with Crippen LogP contribution in [0.5, 0.6) is 0 Å². The molecule has 2 fully saturated rings. The van der Waals surface area contributed by atoms with Crippen LogP contribution in [0.25, 0.3) is 0 Å². The van der Waals surface area contributed by atoms with E-state index in [0.717, 1.165) is 10.7 Å². The van der Waals surface area contributed by atoms with E-state index in [1.165, 1.54) is 4.31 Å². The van der Waals surface area contributed by atoms with E-state index in [2.05, 4.69) is 0 Å². The summed E-state index contributed by atoms with van der Waals surface area (Å²) < 4.78 is 32.7. The lowest BCUT2D eigenvalue weighted by Gasteiger charge is -2.39. The summed E-state index contributed by atoms with van der Waals surface area (Å²) in [5, 5.41) is 9.29. The average Bonchev–Trinajstić information content (AvgIpc) is 2.39. The molecule has 7 nitrogen and oxygen atoms in total. The fourth-order valence-electron chi connectivity index (χ4n) is 2.70. The fraction of sp³-hybridized carbons (Fsp3) is 0.909. The smallest absolute Gasteiger partial charge is 0.322 e. The van der Waals surface area contributed by atoms with Gasteiger partial charge in [0.05, 0.1) is 13.2 Å². The second-order valence-corrected chi connectivity index (χ2v) is 6.91. The van der Waals surface area contributed by atoms with E-state index in [9.17, 15) is 18.3 Å². The highest BCUT2D eigenvalue weighted by Gasteiger charge is 2.43. The third kappa shape index (κ3) is 2.91. The number of rotatable bonds is 3. The highest BCUT2D eigenvalue weighted by atomic mass is 32.2. The molecule has 0 amide bonds. The lowest BCUT2D eigenvalue weighted by Crippen LogP contribution is -2.57. The van der Waals surface area contributed by atoms with E-state index in [4.69, 9.17) is 4.74 Å². The molecule has 2 rings (SSSR count). The minimum atomic E-state index is -3.71. The standard InChI is InChI=1S/C11H20N2O5S/c1-9-3-2-4-13(10(9)11(14)15)19(16,17)12-5-7-18-8-6-12/h9-10H,2-8H2,1H3,(H,14,15). The van der Waals surface area contributed by atoms with Gasteiger partial charge >= 0.3 is 5.97 Å². The zero-order valence-corrected chi connectivity index (χ0v) is 11.8. The summed E-state index contributed by atoms with van der Waals surface area (Å²) in [5.41, 5.74) is 0. The minimum absolute atomic E-state index is 0.165. The van der Waals surface area contributed by atoms with Crippen molar-refractivity contribution in [2.75, 3.05) is 32.8 Å². The van der Waals surface area contributed by atoms with Gasteiger partial charge in [0.1, 0.15) is 6.04 Å². The minimum Gasteiger partial charge on any atom is -0.480 e. The van der Waals surface area contributed by atoms with Crippen molar-refractivity contribution in [3.8, 4) is 0 Å². The second kappa shape index (κ2) is 5.74. The van der Waals surface area contributed by atoms with Crippen molar-refractivity contribution < 1.29 is 23.1 Å². The Hall–Kier alpha value is -0.700. The third-order valence-electron chi connectivity index (χ3n) is 3.73. The number of ether oxygens (including phenoxy) is 1. The van der Waals surface area contributed by atoms with Gasteiger partial charge in [0.2, 0.25) is 0 Å². The molecule has 2 aliphatic heterocycles. The van der Waals surface area contributed by atoms with Gasteiger partial charge in [-0.1, -0.05) is 6.92 Å². The van der Waals surface area contributed by atoms with E-state index in [0.29, 0.717) is 32.7 Å². The Bertz CT molecular complexity index is 432. The van der Waals surface area contributed by atoms with Crippen molar-refractivity contribution in [1.29, 1.82) is 0 Å². The molecule has 2 atom stereocenters. The molecule has 0 aliphatic carbocycles. The molecule has 0 bridgehead atoms. The van der Waals surface area contributed by atoms with Crippen molar-refractivity contribution in [2.45, 2.75) is 25.8 Å². The van der Waals surface area contributed by atoms with Crippen LogP contribution in [-0.4, -0.2) is 67.0 Å². The van der Waals surface area contributed by atoms with E-state index in [-0.39, 0.29) is 12.5 Å². The van der Waals surface area contributed by atoms with Crippen LogP contribution in [0.4, 0.5) is 0 Å². The Morgan fingerprint density at radius 2 is 1.89 bits per heavy atom. The number of aliphatic carboxylic acids is 1. The van der Waals surface area contributed by atoms with Gasteiger partial charge in [-0.05, 0) is 18.8 Å². The Morgan fingerprint density at radius 3 is 2.47 bits per heavy atom. The molecule has 0 aromatic carbocycles. The Balaban J connectivity index is 2.23. The molecule has 8 heteroatoms. The quantitative estimate of drug-likeness (QED) is 0.775. The van der Waals surface area contributed by atoms with Crippen LogP contribution >= 0.6 is 0 Å². The van der Waals surface area contributed by atoms with Gasteiger partial charge < -0.3 is 9.84 Å². The van der Waals surface area contributed by atoms with Gasteiger partial charge in [-0.15, -0.1) is 0 Å². The van der Waals surface area contributed by atoms with Gasteiger partial charge in [0.15, 0.2) is 0 Å². The fourth-order valence-corrected chi connectivity index (χ4v) is 4.55. The van der Waals surface area contributed by atoms with Crippen LogP contribution in [0.2, 0.25) is 0 Å². The maximum atomic E-state index is 12.5. The van der Waals surface area contributed by atoms with Crippen LogP contribution in [-0.2, 0) is 19.7 Å². The molecule has 19 heavy (non-hydrogen) atoms. The molecule has 0 saturated carbocycles. The van der Waals surface area contributed by atoms with Crippen LogP contribution in [0.3, 0.4) is 0 Å². The molecule has 2 aliphatic rings. The number of carboxylic acids is 1. The SMILES string of the molecule is CC1CCCN(S(=O)(=O)N2CCOCC2)C1C(=O)O. The predicted octanol–water partition coefficient (Wildman–Crippen LogP) is -0.251. The summed E-state index contributed by atoms with van der Waals surface area (Å²) >= 11 is 0. The molecule has 0 aromatic rings. The highest BCUT2D eigenvalue weighted by Crippen LogP contribution is 2.27. The van der Waals surface area contributed by atoms with Crippen LogP contribution in [0, 0.1) is 5.92 Å². The first-order valence-electron chi connectivity index (χ1n) is 6.52. The summed E-state index contributed by atoms with van der Waals surface area (Å²) in [7, 11) is -3.71. The molecule has 1 N–H and O–H groups in total. The van der Waals surface area contributed by atoms with E-state index >= 15 is 0 Å². The molecule has 0 aromatic heterocycles. The summed E-state index contributed by atoms with van der Waals surface area (Å²) in [6, 6.07) is -0.957. The first-order chi connectivity index (χ1) is 8.94. The number of carboxylic acid groups (broad SMARTS) is 1. The zero-order chi connectivity index (χ0) is 14.0. The number of nitrogens with zero attached hydrogens (tertiary/aromatic N) is 2. The molecule has 2 heterocycles. The van der Waals surface area contributed by atoms with Crippen LogP contribution in [0.15, 0.2) is 0 Å². The monoisotopic (exact) mass is 292 g/mol. The van der Waals surface area contributed by atoms with E-state index in [1.807, 2.05) is 0 Å². The topological polar surface area (TPSA) is 87.2 Å². The number of carbonyl (C=O) groups is 1. The normalized spacial score (nSPS) is 31.2. The predicted molar refractivity (Wildman–Crippen MR) is 67.8 cm³/mol. The van der Waals surface area contributed by atoms with Crippen molar-refractivity contribution in [2.24, 2.45) is 5.92 Å². The summed E-state index contributed by atoms with van der Waals surface area (Å²) in [6.07, 6.45) is 1.45. The number of hydrogen-bond donors (Lipinski definition) is 1. The lowest BCUT2D eigenvalue weighted by atomic mass is 9.93. The van der Waals surface area contributed by atoms with Gasteiger partial charge in [0.25, 0.3) is 10.2 Å². The van der Waals surface area contributed by atoms with Crippen molar-refractivity contribution >= 4 is 16.2 Å². The highest BCUT2D eigenvalue weighted by molar-refractivity contribution is 7.86. The Labute approximate surface area is 113 Å². The summed E-state index contributed by atoms with van der Waals surface area (Å²) in [4.78, 5) is 11.4. The Kier molecular flexibility index (Phi) is 4.44. The first-order valence-corrected chi connectivity index (χ1v) is 7.92. The molecular formula is C11H20N2O5S. The molecule has 110 valence electrons. The zero-order valence-electron chi connectivity index (χ0n) is 11.0. The second-order valence-electron chi connectivity index (χ2n) is 5.03. The van der Waals surface area contributed by atoms with Crippen LogP contribution < -0.4 is 0 Å². The van der Waals surface area contributed by atoms with Gasteiger partial charge in [-0.2, -0.15) is 17.0 Å². The van der Waals surface area contributed by atoms with E-state index in [1.54, 1.807) is 6.92 Å². The lowest BCUT2D eigenvalue weighted by molar-refractivity contribution is -0.144. The number of morpholine rings is 1. The Morgan fingerprint density at radius 1 is 1.26 bits per heavy atom. The molecule has 0 radical (unpaired) electrons. The van der Waals surface area contributed by atoms with Gasteiger partial charge in [0, 0.05) is 19.6 Å². The molecule has 2 saturated heterocycles. The van der Waals surface area contributed by atoms with Gasteiger partial charge in [-0.3, -0.25) is 4.79 Å². The molecule has 0 spiro atoms. The number of piperidine rings is 1. The van der Waals surface area contributed by atoms with Crippen LogP contribution in [0.1, 0.15) is 19.8 Å². The third-order valence-corrected chi connectivity index (χ3v) is 5.75. The summed E-state index contributed by atoms with van der Waals surface area (Å²) in [5.74, 6) is -1.23. The molecular weight excluding hydrogens is 272 g/mol. The average molecular weight is 292 g/mol. The summed E-state index contributed by atoms with van der Waals surface area (Å²) in [6.45, 7) is 3.38. The van der Waals surface area contributed by atoms with Crippen molar-refractivity contribution in [3.63, 3.8) is 0 Å². The largest absolute Gasteiger partial charge is 0.480 e. The molecule has 2 unspecified atom stereocenters.